The van der Waals surface area contributed by atoms with Crippen molar-refractivity contribution in [2.45, 2.75) is 30.3 Å². The first-order valence-electron chi connectivity index (χ1n) is 6.13. The molecule has 0 saturated carbocycles. The lowest BCUT2D eigenvalue weighted by molar-refractivity contribution is 0.0315. The second kappa shape index (κ2) is 5.64. The highest BCUT2D eigenvalue weighted by atomic mass is 32.2. The molecule has 1 unspecified atom stereocenters. The van der Waals surface area contributed by atoms with Crippen LogP contribution in [0, 0.1) is 11.3 Å². The van der Waals surface area contributed by atoms with Crippen LogP contribution in [0.3, 0.4) is 0 Å². The molecule has 3 nitrogen and oxygen atoms in total. The number of nitriles is 1. The van der Waals surface area contributed by atoms with Gasteiger partial charge in [0.05, 0.1) is 16.9 Å². The van der Waals surface area contributed by atoms with Crippen molar-refractivity contribution in [2.24, 2.45) is 0 Å². The third kappa shape index (κ3) is 2.80. The van der Waals surface area contributed by atoms with Crippen molar-refractivity contribution in [3.05, 3.63) is 23.8 Å². The van der Waals surface area contributed by atoms with Crippen LogP contribution in [0.25, 0.3) is 0 Å². The Hall–Kier alpha value is -1.18. The Bertz CT molecular complexity index is 461. The van der Waals surface area contributed by atoms with Crippen molar-refractivity contribution < 1.29 is 4.74 Å². The molecule has 1 aromatic carbocycles. The summed E-state index contributed by atoms with van der Waals surface area (Å²) >= 11 is 1.60. The zero-order chi connectivity index (χ0) is 13.0. The highest BCUT2D eigenvalue weighted by molar-refractivity contribution is 7.98. The van der Waals surface area contributed by atoms with Gasteiger partial charge < -0.3 is 10.1 Å². The lowest BCUT2D eigenvalue weighted by atomic mass is 10.0. The number of hydrogen-bond donors (Lipinski definition) is 1. The summed E-state index contributed by atoms with van der Waals surface area (Å²) < 4.78 is 5.74. The average Bonchev–Trinajstić information content (AvgIpc) is 2.83. The summed E-state index contributed by atoms with van der Waals surface area (Å²) in [7, 11) is 0. The van der Waals surface area contributed by atoms with Crippen LogP contribution in [0.15, 0.2) is 23.1 Å². The highest BCUT2D eigenvalue weighted by Crippen LogP contribution is 2.29. The highest BCUT2D eigenvalue weighted by Gasteiger charge is 2.29. The monoisotopic (exact) mass is 262 g/mol. The zero-order valence-corrected chi connectivity index (χ0v) is 11.6. The fraction of sp³-hybridized carbons (Fsp3) is 0.500. The number of benzene rings is 1. The number of ether oxygens (including phenoxy) is 1. The van der Waals surface area contributed by atoms with E-state index in [1.165, 1.54) is 0 Å². The molecule has 1 aliphatic rings. The molecule has 1 aromatic rings. The van der Waals surface area contributed by atoms with Gasteiger partial charge in [0.25, 0.3) is 0 Å². The number of rotatable bonds is 4. The third-order valence-electron chi connectivity index (χ3n) is 3.31. The van der Waals surface area contributed by atoms with Gasteiger partial charge >= 0.3 is 0 Å². The van der Waals surface area contributed by atoms with Gasteiger partial charge in [-0.25, -0.2) is 0 Å². The van der Waals surface area contributed by atoms with Crippen molar-refractivity contribution in [3.63, 3.8) is 0 Å². The van der Waals surface area contributed by atoms with E-state index in [1.807, 2.05) is 24.5 Å². The minimum absolute atomic E-state index is 0.0952. The Balaban J connectivity index is 2.12. The van der Waals surface area contributed by atoms with Crippen molar-refractivity contribution in [1.29, 1.82) is 5.26 Å². The van der Waals surface area contributed by atoms with Crippen LogP contribution in [0.2, 0.25) is 0 Å². The molecule has 1 N–H and O–H groups in total. The molecule has 96 valence electrons. The predicted octanol–water partition coefficient (Wildman–Crippen LogP) is 3.26. The van der Waals surface area contributed by atoms with E-state index in [1.54, 1.807) is 11.8 Å². The first-order chi connectivity index (χ1) is 8.68. The van der Waals surface area contributed by atoms with Crippen LogP contribution in [0.4, 0.5) is 5.69 Å². The van der Waals surface area contributed by atoms with Gasteiger partial charge in [-0.1, -0.05) is 6.07 Å². The summed E-state index contributed by atoms with van der Waals surface area (Å²) in [4.78, 5) is 1.01. The summed E-state index contributed by atoms with van der Waals surface area (Å²) in [5.41, 5.74) is 1.54. The molecule has 1 atom stereocenters. The predicted molar refractivity (Wildman–Crippen MR) is 75.0 cm³/mol. The molecule has 1 aliphatic heterocycles. The van der Waals surface area contributed by atoms with E-state index >= 15 is 0 Å². The zero-order valence-electron chi connectivity index (χ0n) is 10.8. The maximum Gasteiger partial charge on any atom is 0.102 e. The van der Waals surface area contributed by atoms with Gasteiger partial charge in [0.15, 0.2) is 0 Å². The van der Waals surface area contributed by atoms with Gasteiger partial charge in [0.1, 0.15) is 6.07 Å². The Kier molecular flexibility index (Phi) is 4.15. The molecule has 1 fully saturated rings. The Labute approximate surface area is 113 Å². The molecule has 4 heteroatoms. The maximum atomic E-state index is 9.25. The number of thioether (sulfide) groups is 1. The van der Waals surface area contributed by atoms with Crippen molar-refractivity contribution in [3.8, 4) is 6.07 Å². The van der Waals surface area contributed by atoms with Gasteiger partial charge in [-0.05, 0) is 38.2 Å². The van der Waals surface area contributed by atoms with Gasteiger partial charge in [0.2, 0.25) is 0 Å². The quantitative estimate of drug-likeness (QED) is 0.846. The second-order valence-electron chi connectivity index (χ2n) is 4.75. The standard InChI is InChI=1S/C14H18N2OS/c1-14(7-4-8-17-14)10-16-12-5-3-6-13(18-2)11(12)9-15/h3,5-6,16H,4,7-8,10H2,1-2H3. The molecular weight excluding hydrogens is 244 g/mol. The molecule has 0 spiro atoms. The molecular formula is C14H18N2OS. The van der Waals surface area contributed by atoms with Crippen LogP contribution in [0.1, 0.15) is 25.3 Å². The smallest absolute Gasteiger partial charge is 0.102 e. The lowest BCUT2D eigenvalue weighted by Crippen LogP contribution is -2.32. The first-order valence-corrected chi connectivity index (χ1v) is 7.36. The summed E-state index contributed by atoms with van der Waals surface area (Å²) in [5, 5.41) is 12.6. The fourth-order valence-corrected chi connectivity index (χ4v) is 2.80. The van der Waals surface area contributed by atoms with Gasteiger partial charge in [-0.15, -0.1) is 11.8 Å². The van der Waals surface area contributed by atoms with Gasteiger partial charge in [-0.3, -0.25) is 0 Å². The van der Waals surface area contributed by atoms with Crippen LogP contribution >= 0.6 is 11.8 Å². The Morgan fingerprint density at radius 3 is 3.00 bits per heavy atom. The normalized spacial score (nSPS) is 22.7. The molecule has 1 saturated heterocycles. The first kappa shape index (κ1) is 13.3. The summed E-state index contributed by atoms with van der Waals surface area (Å²) in [6.45, 7) is 3.71. The molecule has 18 heavy (non-hydrogen) atoms. The van der Waals surface area contributed by atoms with Gasteiger partial charge in [0, 0.05) is 18.0 Å². The van der Waals surface area contributed by atoms with Crippen LogP contribution in [-0.2, 0) is 4.74 Å². The topological polar surface area (TPSA) is 45.0 Å². The Morgan fingerprint density at radius 2 is 2.39 bits per heavy atom. The summed E-state index contributed by atoms with van der Waals surface area (Å²) in [6, 6.07) is 8.19. The average molecular weight is 262 g/mol. The van der Waals surface area contributed by atoms with Crippen molar-refractivity contribution >= 4 is 17.4 Å². The minimum atomic E-state index is -0.0952. The van der Waals surface area contributed by atoms with Crippen molar-refractivity contribution in [2.75, 3.05) is 24.7 Å². The largest absolute Gasteiger partial charge is 0.381 e. The van der Waals surface area contributed by atoms with Crippen LogP contribution < -0.4 is 5.32 Å². The SMILES string of the molecule is CSc1cccc(NCC2(C)CCCO2)c1C#N. The Morgan fingerprint density at radius 1 is 1.56 bits per heavy atom. The molecule has 0 amide bonds. The molecule has 1 heterocycles. The molecule has 0 radical (unpaired) electrons. The minimum Gasteiger partial charge on any atom is -0.381 e. The van der Waals surface area contributed by atoms with E-state index in [2.05, 4.69) is 18.3 Å². The van der Waals surface area contributed by atoms with Crippen molar-refractivity contribution in [1.82, 2.24) is 0 Å². The van der Waals surface area contributed by atoms with E-state index in [0.717, 1.165) is 42.1 Å². The van der Waals surface area contributed by atoms with E-state index in [-0.39, 0.29) is 5.60 Å². The number of hydrogen-bond acceptors (Lipinski definition) is 4. The number of anilines is 1. The molecule has 2 rings (SSSR count). The fourth-order valence-electron chi connectivity index (χ4n) is 2.22. The second-order valence-corrected chi connectivity index (χ2v) is 5.60. The van der Waals surface area contributed by atoms with E-state index in [9.17, 15) is 5.26 Å². The molecule has 0 aliphatic carbocycles. The maximum absolute atomic E-state index is 9.25. The lowest BCUT2D eigenvalue weighted by Gasteiger charge is -2.24. The van der Waals surface area contributed by atoms with E-state index < -0.39 is 0 Å². The van der Waals surface area contributed by atoms with Crippen LogP contribution in [-0.4, -0.2) is 25.0 Å². The molecule has 0 aromatic heterocycles. The third-order valence-corrected chi connectivity index (χ3v) is 4.09. The molecule has 0 bridgehead atoms. The number of nitrogens with one attached hydrogen (secondary N) is 1. The summed E-state index contributed by atoms with van der Waals surface area (Å²) in [6.07, 6.45) is 4.18. The van der Waals surface area contributed by atoms with Crippen LogP contribution in [0.5, 0.6) is 0 Å². The van der Waals surface area contributed by atoms with E-state index in [4.69, 9.17) is 4.74 Å². The van der Waals surface area contributed by atoms with Gasteiger partial charge in [-0.2, -0.15) is 5.26 Å². The summed E-state index contributed by atoms with van der Waals surface area (Å²) in [5.74, 6) is 0. The number of nitrogens with zero attached hydrogens (tertiary/aromatic N) is 1. The van der Waals surface area contributed by atoms with E-state index in [0.29, 0.717) is 0 Å².